The second kappa shape index (κ2) is 3.56. The monoisotopic (exact) mass is 171 g/mol. The minimum absolute atomic E-state index is 0.0129. The highest BCUT2D eigenvalue weighted by Gasteiger charge is 2.25. The molecule has 0 heterocycles. The van der Waals surface area contributed by atoms with Gasteiger partial charge in [-0.25, -0.2) is 4.79 Å². The Kier molecular flexibility index (Phi) is 2.68. The van der Waals surface area contributed by atoms with E-state index in [-0.39, 0.29) is 6.04 Å². The SMILES string of the molecule is CC(CC1CC1)NC(=O)C(=O)O. The fraction of sp³-hybridized carbons (Fsp3) is 0.750. The van der Waals surface area contributed by atoms with Crippen LogP contribution in [0.2, 0.25) is 0 Å². The van der Waals surface area contributed by atoms with Crippen LogP contribution in [0.5, 0.6) is 0 Å². The number of hydrogen-bond acceptors (Lipinski definition) is 2. The van der Waals surface area contributed by atoms with E-state index >= 15 is 0 Å². The van der Waals surface area contributed by atoms with Crippen molar-refractivity contribution in [3.05, 3.63) is 0 Å². The van der Waals surface area contributed by atoms with Crippen molar-refractivity contribution in [2.24, 2.45) is 5.92 Å². The summed E-state index contributed by atoms with van der Waals surface area (Å²) in [6.07, 6.45) is 3.33. The van der Waals surface area contributed by atoms with Crippen LogP contribution in [0.3, 0.4) is 0 Å². The molecule has 2 N–H and O–H groups in total. The molecule has 1 aliphatic rings. The van der Waals surface area contributed by atoms with Crippen LogP contribution in [0, 0.1) is 5.92 Å². The minimum atomic E-state index is -1.40. The van der Waals surface area contributed by atoms with E-state index in [1.807, 2.05) is 6.92 Å². The Labute approximate surface area is 71.0 Å². The van der Waals surface area contributed by atoms with E-state index in [1.54, 1.807) is 0 Å². The van der Waals surface area contributed by atoms with E-state index in [9.17, 15) is 9.59 Å². The lowest BCUT2D eigenvalue weighted by Gasteiger charge is -2.10. The highest BCUT2D eigenvalue weighted by Crippen LogP contribution is 2.33. The van der Waals surface area contributed by atoms with Gasteiger partial charge in [0.15, 0.2) is 0 Å². The van der Waals surface area contributed by atoms with Crippen LogP contribution < -0.4 is 5.32 Å². The standard InChI is InChI=1S/C8H13NO3/c1-5(4-6-2-3-6)9-7(10)8(11)12/h5-6H,2-4H2,1H3,(H,9,10)(H,11,12). The molecule has 68 valence electrons. The summed E-state index contributed by atoms with van der Waals surface area (Å²) in [6, 6.07) is -0.0129. The van der Waals surface area contributed by atoms with E-state index in [0.717, 1.165) is 6.42 Å². The Morgan fingerprint density at radius 2 is 2.17 bits per heavy atom. The van der Waals surface area contributed by atoms with Gasteiger partial charge in [0.1, 0.15) is 0 Å². The largest absolute Gasteiger partial charge is 0.474 e. The van der Waals surface area contributed by atoms with Gasteiger partial charge in [-0.05, 0) is 19.3 Å². The van der Waals surface area contributed by atoms with Gasteiger partial charge in [-0.3, -0.25) is 4.79 Å². The molecule has 0 aromatic rings. The quantitative estimate of drug-likeness (QED) is 0.603. The van der Waals surface area contributed by atoms with Gasteiger partial charge in [0, 0.05) is 6.04 Å². The van der Waals surface area contributed by atoms with Gasteiger partial charge in [0.05, 0.1) is 0 Å². The molecule has 1 rings (SSSR count). The Bertz CT molecular complexity index is 198. The Morgan fingerprint density at radius 1 is 1.58 bits per heavy atom. The number of hydrogen-bond donors (Lipinski definition) is 2. The second-order valence-electron chi connectivity index (χ2n) is 3.36. The summed E-state index contributed by atoms with van der Waals surface area (Å²) in [7, 11) is 0. The van der Waals surface area contributed by atoms with Crippen LogP contribution in [0.4, 0.5) is 0 Å². The van der Waals surface area contributed by atoms with Crippen molar-refractivity contribution in [2.45, 2.75) is 32.2 Å². The zero-order valence-corrected chi connectivity index (χ0v) is 7.04. The van der Waals surface area contributed by atoms with Crippen molar-refractivity contribution in [3.8, 4) is 0 Å². The fourth-order valence-electron chi connectivity index (χ4n) is 1.20. The van der Waals surface area contributed by atoms with E-state index in [0.29, 0.717) is 5.92 Å². The fourth-order valence-corrected chi connectivity index (χ4v) is 1.20. The van der Waals surface area contributed by atoms with Gasteiger partial charge in [-0.2, -0.15) is 0 Å². The first kappa shape index (κ1) is 9.03. The number of carboxylic acids is 1. The molecular weight excluding hydrogens is 158 g/mol. The Morgan fingerprint density at radius 3 is 2.58 bits per heavy atom. The maximum Gasteiger partial charge on any atom is 0.394 e. The van der Waals surface area contributed by atoms with Gasteiger partial charge in [0.25, 0.3) is 0 Å². The predicted octanol–water partition coefficient (Wildman–Crippen LogP) is 0.376. The molecule has 4 nitrogen and oxygen atoms in total. The van der Waals surface area contributed by atoms with Crippen molar-refractivity contribution < 1.29 is 14.7 Å². The highest BCUT2D eigenvalue weighted by atomic mass is 16.4. The maximum absolute atomic E-state index is 10.6. The van der Waals surface area contributed by atoms with Crippen molar-refractivity contribution in [1.29, 1.82) is 0 Å². The number of amides is 1. The van der Waals surface area contributed by atoms with E-state index < -0.39 is 11.9 Å². The van der Waals surface area contributed by atoms with Gasteiger partial charge >= 0.3 is 11.9 Å². The van der Waals surface area contributed by atoms with Crippen molar-refractivity contribution in [3.63, 3.8) is 0 Å². The third-order valence-electron chi connectivity index (χ3n) is 1.96. The molecule has 1 amide bonds. The maximum atomic E-state index is 10.6. The van der Waals surface area contributed by atoms with Gasteiger partial charge in [0.2, 0.25) is 0 Å². The molecule has 0 aromatic carbocycles. The zero-order valence-electron chi connectivity index (χ0n) is 7.04. The molecular formula is C8H13NO3. The van der Waals surface area contributed by atoms with Crippen molar-refractivity contribution in [2.75, 3.05) is 0 Å². The van der Waals surface area contributed by atoms with E-state index in [2.05, 4.69) is 5.32 Å². The van der Waals surface area contributed by atoms with Crippen LogP contribution in [0.1, 0.15) is 26.2 Å². The van der Waals surface area contributed by atoms with E-state index in [1.165, 1.54) is 12.8 Å². The van der Waals surface area contributed by atoms with Crippen LogP contribution in [-0.2, 0) is 9.59 Å². The number of carbonyl (C=O) groups excluding carboxylic acids is 1. The molecule has 0 radical (unpaired) electrons. The smallest absolute Gasteiger partial charge is 0.394 e. The average Bonchev–Trinajstić information content (AvgIpc) is 2.71. The molecule has 0 aromatic heterocycles. The second-order valence-corrected chi connectivity index (χ2v) is 3.36. The molecule has 1 fully saturated rings. The summed E-state index contributed by atoms with van der Waals surface area (Å²) in [5.74, 6) is -1.60. The van der Waals surface area contributed by atoms with Crippen LogP contribution in [0.25, 0.3) is 0 Å². The molecule has 1 saturated carbocycles. The number of nitrogens with one attached hydrogen (secondary N) is 1. The molecule has 0 bridgehead atoms. The molecule has 1 unspecified atom stereocenters. The lowest BCUT2D eigenvalue weighted by Crippen LogP contribution is -2.37. The van der Waals surface area contributed by atoms with Crippen LogP contribution >= 0.6 is 0 Å². The molecule has 1 aliphatic carbocycles. The van der Waals surface area contributed by atoms with E-state index in [4.69, 9.17) is 5.11 Å². The average molecular weight is 171 g/mol. The molecule has 0 spiro atoms. The first-order chi connectivity index (χ1) is 5.59. The number of carbonyl (C=O) groups is 2. The van der Waals surface area contributed by atoms with Gasteiger partial charge < -0.3 is 10.4 Å². The minimum Gasteiger partial charge on any atom is -0.474 e. The predicted molar refractivity (Wildman–Crippen MR) is 42.6 cm³/mol. The number of rotatable bonds is 3. The summed E-state index contributed by atoms with van der Waals surface area (Å²) < 4.78 is 0. The number of aliphatic carboxylic acids is 1. The molecule has 12 heavy (non-hydrogen) atoms. The normalized spacial score (nSPS) is 18.4. The molecule has 0 saturated heterocycles. The van der Waals surface area contributed by atoms with Crippen molar-refractivity contribution in [1.82, 2.24) is 5.32 Å². The first-order valence-electron chi connectivity index (χ1n) is 4.13. The topological polar surface area (TPSA) is 66.4 Å². The number of carboxylic acid groups (broad SMARTS) is 1. The Balaban J connectivity index is 2.19. The summed E-state index contributed by atoms with van der Waals surface area (Å²) in [4.78, 5) is 20.8. The molecule has 1 atom stereocenters. The molecule has 4 heteroatoms. The van der Waals surface area contributed by atoms with Crippen LogP contribution in [-0.4, -0.2) is 23.0 Å². The molecule has 0 aliphatic heterocycles. The van der Waals surface area contributed by atoms with Gasteiger partial charge in [-0.1, -0.05) is 12.8 Å². The lowest BCUT2D eigenvalue weighted by molar-refractivity contribution is -0.150. The summed E-state index contributed by atoms with van der Waals surface area (Å²) in [5.41, 5.74) is 0. The Hall–Kier alpha value is -1.06. The van der Waals surface area contributed by atoms with Gasteiger partial charge in [-0.15, -0.1) is 0 Å². The third kappa shape index (κ3) is 2.90. The lowest BCUT2D eigenvalue weighted by atomic mass is 10.1. The first-order valence-corrected chi connectivity index (χ1v) is 4.13. The summed E-state index contributed by atoms with van der Waals surface area (Å²) in [6.45, 7) is 1.83. The van der Waals surface area contributed by atoms with Crippen LogP contribution in [0.15, 0.2) is 0 Å². The summed E-state index contributed by atoms with van der Waals surface area (Å²) in [5, 5.41) is 10.7. The zero-order chi connectivity index (χ0) is 9.14. The summed E-state index contributed by atoms with van der Waals surface area (Å²) >= 11 is 0. The highest BCUT2D eigenvalue weighted by molar-refractivity contribution is 6.31. The third-order valence-corrected chi connectivity index (χ3v) is 1.96. The van der Waals surface area contributed by atoms with Crippen molar-refractivity contribution >= 4 is 11.9 Å².